The molecule has 0 saturated heterocycles. The summed E-state index contributed by atoms with van der Waals surface area (Å²) in [7, 11) is 1.51. The molecule has 0 aromatic heterocycles. The third-order valence-corrected chi connectivity index (χ3v) is 4.25. The fourth-order valence-corrected chi connectivity index (χ4v) is 2.91. The number of hydrogen-bond donors (Lipinski definition) is 0. The van der Waals surface area contributed by atoms with Crippen molar-refractivity contribution >= 4 is 31.3 Å². The van der Waals surface area contributed by atoms with E-state index in [1.165, 1.54) is 31.4 Å². The molecule has 6 heteroatoms. The molecule has 1 aromatic carbocycles. The van der Waals surface area contributed by atoms with Crippen molar-refractivity contribution in [2.75, 3.05) is 6.61 Å². The Bertz CT molecular complexity index is 501. The van der Waals surface area contributed by atoms with E-state index in [9.17, 15) is 8.42 Å². The molecule has 0 heterocycles. The van der Waals surface area contributed by atoms with Gasteiger partial charge in [0.05, 0.1) is 6.61 Å². The molecule has 0 spiro atoms. The van der Waals surface area contributed by atoms with Gasteiger partial charge in [-0.15, -0.1) is 0 Å². The van der Waals surface area contributed by atoms with E-state index in [1.54, 1.807) is 6.07 Å². The highest BCUT2D eigenvalue weighted by Gasteiger charge is 2.17. The third kappa shape index (κ3) is 6.02. The Morgan fingerprint density at radius 1 is 1.16 bits per heavy atom. The van der Waals surface area contributed by atoms with E-state index in [4.69, 9.17) is 27.0 Å². The van der Waals surface area contributed by atoms with E-state index >= 15 is 0 Å². The first-order valence-corrected chi connectivity index (χ1v) is 9.01. The number of unbranched alkanes of at least 4 members (excludes halogenated alkanes) is 4. The van der Waals surface area contributed by atoms with E-state index in [0.717, 1.165) is 12.8 Å². The van der Waals surface area contributed by atoms with Crippen LogP contribution in [-0.4, -0.2) is 15.0 Å². The van der Waals surface area contributed by atoms with Crippen molar-refractivity contribution in [3.05, 3.63) is 23.2 Å². The predicted molar refractivity (Wildman–Crippen MR) is 78.7 cm³/mol. The predicted octanol–water partition coefficient (Wildman–Crippen LogP) is 4.62. The fourth-order valence-electron chi connectivity index (χ4n) is 1.68. The van der Waals surface area contributed by atoms with E-state index in [2.05, 4.69) is 6.92 Å². The maximum Gasteiger partial charge on any atom is 0.265 e. The van der Waals surface area contributed by atoms with Crippen LogP contribution in [0, 0.1) is 0 Å². The maximum absolute atomic E-state index is 11.4. The van der Waals surface area contributed by atoms with Crippen LogP contribution in [-0.2, 0) is 9.05 Å². The Kier molecular flexibility index (Phi) is 6.97. The highest BCUT2D eigenvalue weighted by Crippen LogP contribution is 2.30. The van der Waals surface area contributed by atoms with Gasteiger partial charge in [-0.3, -0.25) is 0 Å². The van der Waals surface area contributed by atoms with E-state index in [-0.39, 0.29) is 10.6 Å². The molecule has 0 aliphatic carbocycles. The summed E-state index contributed by atoms with van der Waals surface area (Å²) < 4.78 is 28.3. The average Bonchev–Trinajstić information content (AvgIpc) is 2.34. The molecule has 0 atom stereocenters. The first kappa shape index (κ1) is 16.6. The zero-order valence-corrected chi connectivity index (χ0v) is 13.2. The molecule has 19 heavy (non-hydrogen) atoms. The highest BCUT2D eigenvalue weighted by atomic mass is 35.7. The summed E-state index contributed by atoms with van der Waals surface area (Å²) >= 11 is 5.76. The number of halogens is 2. The third-order valence-electron chi connectivity index (χ3n) is 2.67. The van der Waals surface area contributed by atoms with Gasteiger partial charge in [-0.05, 0) is 24.6 Å². The van der Waals surface area contributed by atoms with Gasteiger partial charge in [-0.2, -0.15) is 0 Å². The maximum atomic E-state index is 11.4. The van der Waals surface area contributed by atoms with Gasteiger partial charge in [0.15, 0.2) is 0 Å². The summed E-state index contributed by atoms with van der Waals surface area (Å²) in [6.45, 7) is 2.63. The molecule has 0 aliphatic rings. The molecule has 0 N–H and O–H groups in total. The molecular formula is C13H18Cl2O3S. The molecule has 0 aliphatic heterocycles. The van der Waals surface area contributed by atoms with Crippen molar-refractivity contribution in [1.29, 1.82) is 0 Å². The molecule has 0 amide bonds. The molecule has 3 nitrogen and oxygen atoms in total. The van der Waals surface area contributed by atoms with Crippen LogP contribution >= 0.6 is 22.3 Å². The van der Waals surface area contributed by atoms with Gasteiger partial charge in [0.2, 0.25) is 0 Å². The van der Waals surface area contributed by atoms with Gasteiger partial charge in [-0.25, -0.2) is 8.42 Å². The van der Waals surface area contributed by atoms with Crippen molar-refractivity contribution in [3.63, 3.8) is 0 Å². The lowest BCUT2D eigenvalue weighted by atomic mass is 10.2. The second-order valence-corrected chi connectivity index (χ2v) is 7.26. The summed E-state index contributed by atoms with van der Waals surface area (Å²) in [5.41, 5.74) is 0. The van der Waals surface area contributed by atoms with E-state index in [1.807, 2.05) is 0 Å². The van der Waals surface area contributed by atoms with Crippen molar-refractivity contribution < 1.29 is 13.2 Å². The lowest BCUT2D eigenvalue weighted by molar-refractivity contribution is 0.297. The normalized spacial score (nSPS) is 11.5. The summed E-state index contributed by atoms with van der Waals surface area (Å²) in [6.07, 6.45) is 5.53. The molecule has 108 valence electrons. The minimum absolute atomic E-state index is 0.0739. The standard InChI is InChI=1S/C13H18Cl2O3S/c1-2-3-4-5-6-9-18-12-8-7-11(14)10-13(12)19(15,16)17/h7-8,10H,2-6,9H2,1H3. The van der Waals surface area contributed by atoms with Crippen LogP contribution < -0.4 is 4.74 Å². The van der Waals surface area contributed by atoms with Gasteiger partial charge in [0.25, 0.3) is 9.05 Å². The Morgan fingerprint density at radius 2 is 1.84 bits per heavy atom. The Hall–Kier alpha value is -0.450. The quantitative estimate of drug-likeness (QED) is 0.517. The second-order valence-electron chi connectivity index (χ2n) is 4.29. The van der Waals surface area contributed by atoms with Crippen molar-refractivity contribution in [2.45, 2.75) is 43.9 Å². The van der Waals surface area contributed by atoms with Crippen LogP contribution in [0.4, 0.5) is 0 Å². The topological polar surface area (TPSA) is 43.4 Å². The molecule has 0 unspecified atom stereocenters. The average molecular weight is 325 g/mol. The van der Waals surface area contributed by atoms with Crippen molar-refractivity contribution in [1.82, 2.24) is 0 Å². The minimum atomic E-state index is -3.84. The number of ether oxygens (including phenoxy) is 1. The van der Waals surface area contributed by atoms with E-state index in [0.29, 0.717) is 11.6 Å². The molecule has 0 fully saturated rings. The largest absolute Gasteiger partial charge is 0.492 e. The molecule has 1 aromatic rings. The van der Waals surface area contributed by atoms with Crippen LogP contribution in [0.2, 0.25) is 5.02 Å². The second kappa shape index (κ2) is 7.98. The molecule has 0 radical (unpaired) electrons. The van der Waals surface area contributed by atoms with Gasteiger partial charge < -0.3 is 4.74 Å². The number of hydrogen-bond acceptors (Lipinski definition) is 3. The lowest BCUT2D eigenvalue weighted by Gasteiger charge is -2.09. The molecule has 0 saturated carbocycles. The number of benzene rings is 1. The van der Waals surface area contributed by atoms with Gasteiger partial charge >= 0.3 is 0 Å². The lowest BCUT2D eigenvalue weighted by Crippen LogP contribution is -2.02. The Balaban J connectivity index is 2.59. The zero-order valence-electron chi connectivity index (χ0n) is 10.9. The smallest absolute Gasteiger partial charge is 0.265 e. The van der Waals surface area contributed by atoms with Crippen molar-refractivity contribution in [2.24, 2.45) is 0 Å². The first-order chi connectivity index (χ1) is 8.95. The van der Waals surface area contributed by atoms with Crippen LogP contribution in [0.5, 0.6) is 5.75 Å². The molecule has 0 bridgehead atoms. The number of rotatable bonds is 8. The fraction of sp³-hybridized carbons (Fsp3) is 0.538. The molecule has 1 rings (SSSR count). The summed E-state index contributed by atoms with van der Waals surface area (Å²) in [5, 5.41) is 0.314. The summed E-state index contributed by atoms with van der Waals surface area (Å²) in [4.78, 5) is -0.0739. The summed E-state index contributed by atoms with van der Waals surface area (Å²) in [6, 6.07) is 4.42. The van der Waals surface area contributed by atoms with Gasteiger partial charge in [-0.1, -0.05) is 44.2 Å². The van der Waals surface area contributed by atoms with Crippen LogP contribution in [0.3, 0.4) is 0 Å². The summed E-state index contributed by atoms with van der Waals surface area (Å²) in [5.74, 6) is 0.259. The monoisotopic (exact) mass is 324 g/mol. The van der Waals surface area contributed by atoms with Crippen LogP contribution in [0.25, 0.3) is 0 Å². The van der Waals surface area contributed by atoms with Gasteiger partial charge in [0.1, 0.15) is 10.6 Å². The van der Waals surface area contributed by atoms with Gasteiger partial charge in [0, 0.05) is 15.7 Å². The van der Waals surface area contributed by atoms with Crippen LogP contribution in [0.15, 0.2) is 23.1 Å². The SMILES string of the molecule is CCCCCCCOc1ccc(Cl)cc1S(=O)(=O)Cl. The first-order valence-electron chi connectivity index (χ1n) is 6.32. The minimum Gasteiger partial charge on any atom is -0.492 e. The molecular weight excluding hydrogens is 307 g/mol. The highest BCUT2D eigenvalue weighted by molar-refractivity contribution is 8.13. The van der Waals surface area contributed by atoms with Crippen LogP contribution in [0.1, 0.15) is 39.0 Å². The zero-order chi connectivity index (χ0) is 14.3. The van der Waals surface area contributed by atoms with E-state index < -0.39 is 9.05 Å². The Morgan fingerprint density at radius 3 is 2.47 bits per heavy atom. The van der Waals surface area contributed by atoms with Crippen molar-refractivity contribution in [3.8, 4) is 5.75 Å². The Labute approximate surface area is 124 Å².